The first-order valence-corrected chi connectivity index (χ1v) is 9.23. The lowest BCUT2D eigenvalue weighted by Gasteiger charge is -2.06. The molecule has 0 radical (unpaired) electrons. The summed E-state index contributed by atoms with van der Waals surface area (Å²) in [4.78, 5) is 3.61. The zero-order valence-corrected chi connectivity index (χ0v) is 14.8. The second-order valence-electron chi connectivity index (χ2n) is 5.57. The number of hydrogen-bond acceptors (Lipinski definition) is 6. The molecule has 3 aromatic rings. The van der Waals surface area contributed by atoms with Gasteiger partial charge in [-0.3, -0.25) is 5.43 Å². The molecular weight excluding hydrogens is 397 g/mol. The Morgan fingerprint density at radius 3 is 2.36 bits per heavy atom. The van der Waals surface area contributed by atoms with Crippen molar-refractivity contribution in [2.45, 2.75) is 11.1 Å². The van der Waals surface area contributed by atoms with Crippen molar-refractivity contribution in [3.63, 3.8) is 0 Å². The Balaban J connectivity index is 1.66. The van der Waals surface area contributed by atoms with Gasteiger partial charge in [0, 0.05) is 11.8 Å². The average Bonchev–Trinajstić information content (AvgIpc) is 3.10. The lowest BCUT2D eigenvalue weighted by atomic mass is 10.2. The van der Waals surface area contributed by atoms with E-state index in [1.54, 1.807) is 24.3 Å². The Morgan fingerprint density at radius 2 is 1.79 bits per heavy atom. The number of pyridine rings is 1. The molecule has 0 atom stereocenters. The van der Waals surface area contributed by atoms with Gasteiger partial charge in [0.2, 0.25) is 10.0 Å². The highest BCUT2D eigenvalue weighted by Crippen LogP contribution is 2.28. The summed E-state index contributed by atoms with van der Waals surface area (Å²) in [6.45, 7) is 0. The number of sulfonamides is 1. The maximum atomic E-state index is 12.5. The summed E-state index contributed by atoms with van der Waals surface area (Å²) in [6.07, 6.45) is -2.43. The first-order chi connectivity index (χ1) is 13.1. The Kier molecular flexibility index (Phi) is 5.21. The molecule has 3 rings (SSSR count). The summed E-state index contributed by atoms with van der Waals surface area (Å²) in [7, 11) is -3.77. The molecule has 0 bridgehead atoms. The number of hydrazone groups is 1. The van der Waals surface area contributed by atoms with Crippen molar-refractivity contribution in [3.8, 4) is 11.3 Å². The van der Waals surface area contributed by atoms with Gasteiger partial charge in [0.05, 0.1) is 16.7 Å². The van der Waals surface area contributed by atoms with Crippen LogP contribution in [-0.2, 0) is 16.2 Å². The van der Waals surface area contributed by atoms with Gasteiger partial charge in [-0.2, -0.15) is 18.3 Å². The predicted molar refractivity (Wildman–Crippen MR) is 96.0 cm³/mol. The minimum atomic E-state index is -4.45. The summed E-state index contributed by atoms with van der Waals surface area (Å²) < 4.78 is 65.5. The first-order valence-electron chi connectivity index (χ1n) is 7.68. The van der Waals surface area contributed by atoms with E-state index in [1.165, 1.54) is 18.3 Å². The number of hydrogen-bond donors (Lipinski definition) is 2. The molecular formula is C17H13F3N4O3S. The second-order valence-corrected chi connectivity index (χ2v) is 7.13. The highest BCUT2D eigenvalue weighted by molar-refractivity contribution is 7.89. The number of rotatable bonds is 5. The van der Waals surface area contributed by atoms with Crippen molar-refractivity contribution < 1.29 is 26.0 Å². The molecule has 0 aliphatic heterocycles. The number of benzene rings is 1. The van der Waals surface area contributed by atoms with Gasteiger partial charge in [-0.15, -0.1) is 0 Å². The van der Waals surface area contributed by atoms with Crippen LogP contribution < -0.4 is 10.6 Å². The average molecular weight is 410 g/mol. The molecule has 0 aliphatic rings. The molecule has 0 aliphatic carbocycles. The molecule has 0 fully saturated rings. The molecule has 0 spiro atoms. The van der Waals surface area contributed by atoms with Gasteiger partial charge in [-0.1, -0.05) is 0 Å². The SMILES string of the molecule is NS(=O)(=O)c1ccc(-c2ccc(/C=N\Nc3ccc(C(F)(F)F)cn3)o2)cc1. The molecule has 0 unspecified atom stereocenters. The van der Waals surface area contributed by atoms with Gasteiger partial charge in [0.1, 0.15) is 17.3 Å². The largest absolute Gasteiger partial charge is 0.455 e. The van der Waals surface area contributed by atoms with Crippen LogP contribution in [0.25, 0.3) is 11.3 Å². The highest BCUT2D eigenvalue weighted by atomic mass is 32.2. The maximum Gasteiger partial charge on any atom is 0.417 e. The summed E-state index contributed by atoms with van der Waals surface area (Å²) in [5.41, 5.74) is 2.27. The van der Waals surface area contributed by atoms with E-state index in [9.17, 15) is 21.6 Å². The van der Waals surface area contributed by atoms with Crippen LogP contribution in [0.5, 0.6) is 0 Å². The molecule has 146 valence electrons. The van der Waals surface area contributed by atoms with E-state index in [2.05, 4.69) is 15.5 Å². The number of nitrogens with one attached hydrogen (secondary N) is 1. The van der Waals surface area contributed by atoms with Gasteiger partial charge in [0.15, 0.2) is 0 Å². The van der Waals surface area contributed by atoms with Crippen molar-refractivity contribution in [2.24, 2.45) is 10.2 Å². The molecule has 2 aromatic heterocycles. The summed E-state index contributed by atoms with van der Waals surface area (Å²) in [5, 5.41) is 8.89. The van der Waals surface area contributed by atoms with E-state index in [0.29, 0.717) is 23.3 Å². The monoisotopic (exact) mass is 410 g/mol. The third-order valence-electron chi connectivity index (χ3n) is 3.56. The number of furan rings is 1. The van der Waals surface area contributed by atoms with Crippen molar-refractivity contribution >= 4 is 22.1 Å². The minimum absolute atomic E-state index is 0.0159. The Morgan fingerprint density at radius 1 is 1.07 bits per heavy atom. The molecule has 7 nitrogen and oxygen atoms in total. The minimum Gasteiger partial charge on any atom is -0.455 e. The predicted octanol–water partition coefficient (Wildman–Crippen LogP) is 3.45. The molecule has 3 N–H and O–H groups in total. The van der Waals surface area contributed by atoms with Gasteiger partial charge in [-0.05, 0) is 48.5 Å². The molecule has 28 heavy (non-hydrogen) atoms. The number of primary sulfonamides is 1. The third kappa shape index (κ3) is 4.75. The highest BCUT2D eigenvalue weighted by Gasteiger charge is 2.30. The summed E-state index contributed by atoms with van der Waals surface area (Å²) >= 11 is 0. The van der Waals surface area contributed by atoms with Gasteiger partial charge >= 0.3 is 6.18 Å². The Bertz CT molecular complexity index is 1090. The zero-order valence-electron chi connectivity index (χ0n) is 14.0. The van der Waals surface area contributed by atoms with Crippen LogP contribution in [0.15, 0.2) is 69.1 Å². The number of nitrogens with two attached hydrogens (primary N) is 1. The van der Waals surface area contributed by atoms with E-state index in [-0.39, 0.29) is 10.7 Å². The molecule has 0 amide bonds. The van der Waals surface area contributed by atoms with Gasteiger partial charge in [0.25, 0.3) is 0 Å². The third-order valence-corrected chi connectivity index (χ3v) is 4.49. The van der Waals surface area contributed by atoms with Crippen molar-refractivity contribution in [2.75, 3.05) is 5.43 Å². The quantitative estimate of drug-likeness (QED) is 0.494. The Hall–Kier alpha value is -3.18. The summed E-state index contributed by atoms with van der Waals surface area (Å²) in [5.74, 6) is 0.967. The number of nitrogens with zero attached hydrogens (tertiary/aromatic N) is 2. The lowest BCUT2D eigenvalue weighted by molar-refractivity contribution is -0.137. The van der Waals surface area contributed by atoms with Crippen LogP contribution in [0, 0.1) is 0 Å². The standard InChI is InChI=1S/C17H13F3N4O3S/c18-17(19,20)12-3-8-16(22-9-12)24-23-10-13-4-7-15(27-13)11-1-5-14(6-2-11)28(21,25)26/h1-10H,(H,22,24)(H2,21,25,26)/b23-10-. The van der Waals surface area contributed by atoms with Crippen molar-refractivity contribution in [3.05, 3.63) is 66.1 Å². The van der Waals surface area contributed by atoms with Gasteiger partial charge < -0.3 is 4.42 Å². The van der Waals surface area contributed by atoms with Crippen LogP contribution in [0.1, 0.15) is 11.3 Å². The number of anilines is 1. The van der Waals surface area contributed by atoms with Crippen LogP contribution in [0.2, 0.25) is 0 Å². The topological polar surface area (TPSA) is 111 Å². The molecule has 11 heteroatoms. The normalized spacial score (nSPS) is 12.4. The number of alkyl halides is 3. The molecule has 0 saturated heterocycles. The van der Waals surface area contributed by atoms with E-state index in [4.69, 9.17) is 9.56 Å². The van der Waals surface area contributed by atoms with E-state index >= 15 is 0 Å². The summed E-state index contributed by atoms with van der Waals surface area (Å²) in [6, 6.07) is 11.1. The van der Waals surface area contributed by atoms with Crippen LogP contribution in [0.3, 0.4) is 0 Å². The van der Waals surface area contributed by atoms with Crippen LogP contribution in [-0.4, -0.2) is 19.6 Å². The van der Waals surface area contributed by atoms with E-state index in [1.807, 2.05) is 0 Å². The Labute approximate surface area is 157 Å². The lowest BCUT2D eigenvalue weighted by Crippen LogP contribution is -2.11. The smallest absolute Gasteiger partial charge is 0.417 e. The molecule has 1 aromatic carbocycles. The van der Waals surface area contributed by atoms with Crippen molar-refractivity contribution in [1.29, 1.82) is 0 Å². The fourth-order valence-corrected chi connectivity index (χ4v) is 2.69. The maximum absolute atomic E-state index is 12.5. The molecule has 2 heterocycles. The van der Waals surface area contributed by atoms with Crippen LogP contribution >= 0.6 is 0 Å². The number of halogens is 3. The van der Waals surface area contributed by atoms with E-state index in [0.717, 1.165) is 12.1 Å². The first kappa shape index (κ1) is 19.6. The van der Waals surface area contributed by atoms with E-state index < -0.39 is 21.8 Å². The van der Waals surface area contributed by atoms with Gasteiger partial charge in [-0.25, -0.2) is 18.5 Å². The van der Waals surface area contributed by atoms with Crippen molar-refractivity contribution in [1.82, 2.24) is 4.98 Å². The fraction of sp³-hybridized carbons (Fsp3) is 0.0588. The van der Waals surface area contributed by atoms with Crippen LogP contribution in [0.4, 0.5) is 19.0 Å². The fourth-order valence-electron chi connectivity index (χ4n) is 2.18. The second kappa shape index (κ2) is 7.44. The molecule has 0 saturated carbocycles. The zero-order chi connectivity index (χ0) is 20.4. The number of aromatic nitrogens is 1.